The van der Waals surface area contributed by atoms with E-state index in [0.717, 1.165) is 57.1 Å². The van der Waals surface area contributed by atoms with E-state index in [4.69, 9.17) is 10.6 Å². The molecule has 0 aromatic heterocycles. The van der Waals surface area contributed by atoms with E-state index in [1.807, 2.05) is 0 Å². The normalized spacial score (nSPS) is 49.5. The summed E-state index contributed by atoms with van der Waals surface area (Å²) in [5.74, 6) is 2.57. The van der Waals surface area contributed by atoms with Gasteiger partial charge >= 0.3 is 0 Å². The number of Topliss-reactive ketones (excluding diaryl/α,β-unsaturated/α-hetero) is 1. The predicted octanol–water partition coefficient (Wildman–Crippen LogP) is 3.54. The van der Waals surface area contributed by atoms with E-state index in [1.165, 1.54) is 0 Å². The largest absolute Gasteiger partial charge is 0.394 e. The Morgan fingerprint density at radius 1 is 1.21 bits per heavy atom. The van der Waals surface area contributed by atoms with Crippen molar-refractivity contribution in [3.8, 4) is 0 Å². The van der Waals surface area contributed by atoms with Crippen LogP contribution in [0.25, 0.3) is 0 Å². The first-order valence-electron chi connectivity index (χ1n) is 11.5. The molecule has 0 aromatic rings. The van der Waals surface area contributed by atoms with Crippen LogP contribution in [-0.2, 0) is 9.63 Å². The molecule has 158 valence electrons. The van der Waals surface area contributed by atoms with Gasteiger partial charge in [0.25, 0.3) is 0 Å². The van der Waals surface area contributed by atoms with Gasteiger partial charge in [-0.15, -0.1) is 0 Å². The molecule has 0 amide bonds. The van der Waals surface area contributed by atoms with E-state index >= 15 is 0 Å². The zero-order valence-electron chi connectivity index (χ0n) is 17.8. The van der Waals surface area contributed by atoms with Gasteiger partial charge in [-0.2, -0.15) is 0 Å². The smallest absolute Gasteiger partial charge is 0.139 e. The van der Waals surface area contributed by atoms with Crippen molar-refractivity contribution in [3.63, 3.8) is 0 Å². The summed E-state index contributed by atoms with van der Waals surface area (Å²) in [5.41, 5.74) is 6.65. The topological polar surface area (TPSA) is 84.9 Å². The number of hydrogen-bond acceptors (Lipinski definition) is 5. The lowest BCUT2D eigenvalue weighted by atomic mass is 9.43. The number of carbonyl (C=O) groups excluding carboxylic acids is 1. The second-order valence-electron chi connectivity index (χ2n) is 10.3. The third-order valence-corrected chi connectivity index (χ3v) is 9.29. The first kappa shape index (κ1) is 20.3. The van der Waals surface area contributed by atoms with Crippen LogP contribution in [0.3, 0.4) is 0 Å². The van der Waals surface area contributed by atoms with Crippen LogP contribution >= 0.6 is 0 Å². The van der Waals surface area contributed by atoms with Gasteiger partial charge in [0, 0.05) is 24.3 Å². The van der Waals surface area contributed by atoms with Gasteiger partial charge in [0.2, 0.25) is 0 Å². The highest BCUT2D eigenvalue weighted by Gasteiger charge is 2.63. The van der Waals surface area contributed by atoms with E-state index in [9.17, 15) is 9.90 Å². The fourth-order valence-corrected chi connectivity index (χ4v) is 7.97. The van der Waals surface area contributed by atoms with E-state index in [2.05, 4.69) is 25.9 Å². The Labute approximate surface area is 169 Å². The SMILES string of the molecule is CC[C@H]1/C(=N\OCCN)CC[C@@]2(C)C1[C@@H](O)C[C@@H]1[C@@H]2CC[C@]2(C)C(=O)CC[C@@H]12. The number of nitrogens with zero attached hydrogens (tertiary/aromatic N) is 1. The molecule has 8 atom stereocenters. The van der Waals surface area contributed by atoms with Crippen LogP contribution in [0.5, 0.6) is 0 Å². The van der Waals surface area contributed by atoms with E-state index < -0.39 is 0 Å². The van der Waals surface area contributed by atoms with Crippen molar-refractivity contribution in [1.82, 2.24) is 0 Å². The Bertz CT molecular complexity index is 650. The predicted molar refractivity (Wildman–Crippen MR) is 110 cm³/mol. The van der Waals surface area contributed by atoms with E-state index in [-0.39, 0.29) is 28.8 Å². The average Bonchev–Trinajstić information content (AvgIpc) is 2.97. The quantitative estimate of drug-likeness (QED) is 0.568. The lowest BCUT2D eigenvalue weighted by Gasteiger charge is -2.62. The molecule has 5 nitrogen and oxygen atoms in total. The van der Waals surface area contributed by atoms with Crippen molar-refractivity contribution < 1.29 is 14.7 Å². The fraction of sp³-hybridized carbons (Fsp3) is 0.913. The van der Waals surface area contributed by atoms with Crippen LogP contribution in [0.2, 0.25) is 0 Å². The minimum Gasteiger partial charge on any atom is -0.394 e. The minimum absolute atomic E-state index is 0.128. The van der Waals surface area contributed by atoms with Gasteiger partial charge in [-0.05, 0) is 74.0 Å². The van der Waals surface area contributed by atoms with Crippen LogP contribution in [0.1, 0.15) is 72.1 Å². The average molecular weight is 391 g/mol. The van der Waals surface area contributed by atoms with Crippen LogP contribution in [0, 0.1) is 40.4 Å². The zero-order valence-corrected chi connectivity index (χ0v) is 17.8. The molecule has 0 aromatic carbocycles. The van der Waals surface area contributed by atoms with Crippen LogP contribution in [0.4, 0.5) is 0 Å². The molecule has 28 heavy (non-hydrogen) atoms. The Balaban J connectivity index is 1.63. The Morgan fingerprint density at radius 2 is 2.00 bits per heavy atom. The summed E-state index contributed by atoms with van der Waals surface area (Å²) in [6, 6.07) is 0. The molecular weight excluding hydrogens is 352 g/mol. The molecule has 5 heteroatoms. The maximum atomic E-state index is 12.6. The molecule has 4 aliphatic rings. The molecule has 3 N–H and O–H groups in total. The van der Waals surface area contributed by atoms with Crippen molar-refractivity contribution >= 4 is 11.5 Å². The number of nitrogens with two attached hydrogens (primary N) is 1. The van der Waals surface area contributed by atoms with Crippen molar-refractivity contribution in [2.45, 2.75) is 78.2 Å². The number of hydrogen-bond donors (Lipinski definition) is 2. The Kier molecular flexibility index (Phi) is 5.37. The Hall–Kier alpha value is -0.940. The summed E-state index contributed by atoms with van der Waals surface area (Å²) in [6.45, 7) is 7.77. The molecule has 0 saturated heterocycles. The highest BCUT2D eigenvalue weighted by atomic mass is 16.6. The molecule has 0 spiro atoms. The zero-order chi connectivity index (χ0) is 20.1. The fourth-order valence-electron chi connectivity index (χ4n) is 7.97. The van der Waals surface area contributed by atoms with Crippen molar-refractivity contribution in [2.75, 3.05) is 13.2 Å². The van der Waals surface area contributed by atoms with Gasteiger partial charge in [0.15, 0.2) is 0 Å². The first-order chi connectivity index (χ1) is 13.4. The minimum atomic E-state index is -0.311. The number of aliphatic hydroxyl groups excluding tert-OH is 1. The number of ketones is 1. The molecule has 0 aliphatic heterocycles. The monoisotopic (exact) mass is 390 g/mol. The van der Waals surface area contributed by atoms with E-state index in [1.54, 1.807) is 0 Å². The number of fused-ring (bicyclic) bond motifs is 5. The first-order valence-corrected chi connectivity index (χ1v) is 11.5. The van der Waals surface area contributed by atoms with Crippen molar-refractivity contribution in [1.29, 1.82) is 0 Å². The highest BCUT2D eigenvalue weighted by Crippen LogP contribution is 2.66. The standard InChI is InChI=1S/C23H38N2O3/c1-4-14-18(25-28-12-11-24)8-10-23(3)17-7-9-22(2)16(5-6-20(22)27)15(17)13-19(26)21(14)23/h14-17,19,21,26H,4-13,24H2,1-3H3/b25-18-/t14-,15-,16-,17-,19-,21?,22-,23+/m0/s1. The second-order valence-corrected chi connectivity index (χ2v) is 10.3. The molecule has 4 fully saturated rings. The van der Waals surface area contributed by atoms with Crippen LogP contribution < -0.4 is 5.73 Å². The third kappa shape index (κ3) is 2.87. The van der Waals surface area contributed by atoms with Crippen LogP contribution in [0.15, 0.2) is 5.16 Å². The second kappa shape index (κ2) is 7.39. The number of aliphatic hydroxyl groups is 1. The summed E-state index contributed by atoms with van der Waals surface area (Å²) < 4.78 is 0. The summed E-state index contributed by atoms with van der Waals surface area (Å²) in [7, 11) is 0. The van der Waals surface area contributed by atoms with Gasteiger partial charge in [0.05, 0.1) is 11.8 Å². The highest BCUT2D eigenvalue weighted by molar-refractivity contribution is 5.88. The van der Waals surface area contributed by atoms with Crippen LogP contribution in [-0.4, -0.2) is 35.9 Å². The molecule has 4 saturated carbocycles. The summed E-state index contributed by atoms with van der Waals surface area (Å²) in [4.78, 5) is 18.0. The molecule has 0 radical (unpaired) electrons. The van der Waals surface area contributed by atoms with Crippen molar-refractivity contribution in [2.24, 2.45) is 51.3 Å². The molecular formula is C23H38N2O3. The molecule has 4 aliphatic carbocycles. The summed E-state index contributed by atoms with van der Waals surface area (Å²) in [5, 5.41) is 15.8. The van der Waals surface area contributed by atoms with Gasteiger partial charge in [-0.25, -0.2) is 0 Å². The van der Waals surface area contributed by atoms with Gasteiger partial charge < -0.3 is 15.7 Å². The molecule has 1 unspecified atom stereocenters. The van der Waals surface area contributed by atoms with Gasteiger partial charge in [-0.1, -0.05) is 25.9 Å². The summed E-state index contributed by atoms with van der Waals surface area (Å²) in [6.07, 6.45) is 7.48. The number of oxime groups is 1. The number of rotatable bonds is 4. The van der Waals surface area contributed by atoms with Gasteiger partial charge in [-0.3, -0.25) is 4.79 Å². The summed E-state index contributed by atoms with van der Waals surface area (Å²) >= 11 is 0. The third-order valence-electron chi connectivity index (χ3n) is 9.29. The number of carbonyl (C=O) groups is 1. The molecule has 0 bridgehead atoms. The Morgan fingerprint density at radius 3 is 2.71 bits per heavy atom. The lowest BCUT2D eigenvalue weighted by molar-refractivity contribution is -0.161. The molecule has 0 heterocycles. The maximum Gasteiger partial charge on any atom is 0.139 e. The lowest BCUT2D eigenvalue weighted by Crippen LogP contribution is -2.60. The molecule has 4 rings (SSSR count). The van der Waals surface area contributed by atoms with Crippen molar-refractivity contribution in [3.05, 3.63) is 0 Å². The van der Waals surface area contributed by atoms with Gasteiger partial charge in [0.1, 0.15) is 12.4 Å². The van der Waals surface area contributed by atoms with E-state index in [0.29, 0.717) is 36.7 Å². The maximum absolute atomic E-state index is 12.6.